The number of anilines is 1. The van der Waals surface area contributed by atoms with Crippen LogP contribution in [0.5, 0.6) is 5.75 Å². The highest BCUT2D eigenvalue weighted by Crippen LogP contribution is 2.39. The number of hydrogen-bond donors (Lipinski definition) is 1. The van der Waals surface area contributed by atoms with Crippen LogP contribution < -0.4 is 10.1 Å². The van der Waals surface area contributed by atoms with Crippen LogP contribution in [-0.2, 0) is 0 Å². The van der Waals surface area contributed by atoms with E-state index in [4.69, 9.17) is 16.3 Å². The lowest BCUT2D eigenvalue weighted by Crippen LogP contribution is -2.33. The van der Waals surface area contributed by atoms with E-state index in [2.05, 4.69) is 45.5 Å². The summed E-state index contributed by atoms with van der Waals surface area (Å²) >= 11 is 9.52. The van der Waals surface area contributed by atoms with Gasteiger partial charge in [-0.3, -0.25) is 0 Å². The molecule has 21 heavy (non-hydrogen) atoms. The summed E-state index contributed by atoms with van der Waals surface area (Å²) in [5, 5.41) is 4.28. The van der Waals surface area contributed by atoms with Gasteiger partial charge in [0.15, 0.2) is 0 Å². The molecule has 0 aromatic heterocycles. The Morgan fingerprint density at radius 1 is 1.19 bits per heavy atom. The molecule has 0 radical (unpaired) electrons. The summed E-state index contributed by atoms with van der Waals surface area (Å²) in [5.41, 5.74) is 2.44. The van der Waals surface area contributed by atoms with Crippen molar-refractivity contribution in [3.63, 3.8) is 0 Å². The molecule has 1 aliphatic rings. The first-order chi connectivity index (χ1) is 10.2. The molecule has 4 heteroatoms. The van der Waals surface area contributed by atoms with Gasteiger partial charge in [0.2, 0.25) is 0 Å². The zero-order chi connectivity index (χ0) is 14.8. The Balaban J connectivity index is 1.59. The number of ether oxygens (including phenoxy) is 1. The monoisotopic (exact) mass is 365 g/mol. The second kappa shape index (κ2) is 6.29. The van der Waals surface area contributed by atoms with E-state index in [-0.39, 0.29) is 0 Å². The van der Waals surface area contributed by atoms with E-state index in [1.54, 1.807) is 7.11 Å². The molecule has 2 nitrogen and oxygen atoms in total. The van der Waals surface area contributed by atoms with Crippen molar-refractivity contribution in [1.29, 1.82) is 0 Å². The van der Waals surface area contributed by atoms with Crippen LogP contribution in [0.3, 0.4) is 0 Å². The van der Waals surface area contributed by atoms with Crippen molar-refractivity contribution in [2.45, 2.75) is 24.8 Å². The molecule has 2 aromatic rings. The Morgan fingerprint density at radius 2 is 2.00 bits per heavy atom. The van der Waals surface area contributed by atoms with E-state index in [1.807, 2.05) is 18.2 Å². The van der Waals surface area contributed by atoms with Gasteiger partial charge in [-0.25, -0.2) is 0 Å². The van der Waals surface area contributed by atoms with Crippen molar-refractivity contribution < 1.29 is 4.74 Å². The SMILES string of the molecule is COc1cccc(C2CC(Nc3ccc(Br)c(Cl)c3)C2)c1. The fourth-order valence-corrected chi connectivity index (χ4v) is 3.15. The summed E-state index contributed by atoms with van der Waals surface area (Å²) in [4.78, 5) is 0. The zero-order valence-electron chi connectivity index (χ0n) is 11.8. The zero-order valence-corrected chi connectivity index (χ0v) is 14.1. The van der Waals surface area contributed by atoms with Crippen molar-refractivity contribution in [1.82, 2.24) is 0 Å². The van der Waals surface area contributed by atoms with Gasteiger partial charge < -0.3 is 10.1 Å². The molecule has 1 fully saturated rings. The number of halogens is 2. The molecule has 0 heterocycles. The maximum absolute atomic E-state index is 6.12. The smallest absolute Gasteiger partial charge is 0.119 e. The summed E-state index contributed by atoms with van der Waals surface area (Å²) in [6.07, 6.45) is 2.28. The fourth-order valence-electron chi connectivity index (χ4n) is 2.72. The average molecular weight is 367 g/mol. The van der Waals surface area contributed by atoms with Gasteiger partial charge in [0.05, 0.1) is 12.1 Å². The molecule has 0 amide bonds. The van der Waals surface area contributed by atoms with E-state index in [0.717, 1.165) is 33.8 Å². The Morgan fingerprint density at radius 3 is 2.71 bits per heavy atom. The van der Waals surface area contributed by atoms with Gasteiger partial charge in [-0.15, -0.1) is 0 Å². The predicted molar refractivity (Wildman–Crippen MR) is 91.5 cm³/mol. The predicted octanol–water partition coefficient (Wildman–Crippen LogP) is 5.47. The van der Waals surface area contributed by atoms with Gasteiger partial charge in [-0.1, -0.05) is 23.7 Å². The summed E-state index contributed by atoms with van der Waals surface area (Å²) in [7, 11) is 1.71. The first-order valence-corrected chi connectivity index (χ1v) is 8.18. The highest BCUT2D eigenvalue weighted by Gasteiger charge is 2.30. The third-order valence-corrected chi connectivity index (χ3v) is 5.23. The lowest BCUT2D eigenvalue weighted by Gasteiger charge is -2.37. The van der Waals surface area contributed by atoms with Gasteiger partial charge in [-0.2, -0.15) is 0 Å². The minimum Gasteiger partial charge on any atom is -0.497 e. The highest BCUT2D eigenvalue weighted by atomic mass is 79.9. The molecule has 0 saturated heterocycles. The standard InChI is InChI=1S/C17H17BrClNO/c1-21-15-4-2-3-11(9-15)12-7-14(8-12)20-13-5-6-16(18)17(19)10-13/h2-6,9-10,12,14,20H,7-8H2,1H3. The van der Waals surface area contributed by atoms with Crippen LogP contribution in [0.25, 0.3) is 0 Å². The first-order valence-electron chi connectivity index (χ1n) is 7.01. The second-order valence-electron chi connectivity index (χ2n) is 5.42. The van der Waals surface area contributed by atoms with E-state index in [0.29, 0.717) is 12.0 Å². The Kier molecular flexibility index (Phi) is 4.41. The van der Waals surface area contributed by atoms with Crippen LogP contribution in [0.2, 0.25) is 5.02 Å². The summed E-state index contributed by atoms with van der Waals surface area (Å²) in [6, 6.07) is 14.9. The molecular formula is C17H17BrClNO. The van der Waals surface area contributed by atoms with E-state index < -0.39 is 0 Å². The lowest BCUT2D eigenvalue weighted by atomic mass is 9.76. The van der Waals surface area contributed by atoms with Crippen LogP contribution in [0.15, 0.2) is 46.9 Å². The quantitative estimate of drug-likeness (QED) is 0.774. The van der Waals surface area contributed by atoms with Crippen LogP contribution in [0, 0.1) is 0 Å². The van der Waals surface area contributed by atoms with Gasteiger partial charge >= 0.3 is 0 Å². The van der Waals surface area contributed by atoms with Crippen molar-refractivity contribution in [2.24, 2.45) is 0 Å². The molecule has 110 valence electrons. The normalized spacial score (nSPS) is 20.7. The Bertz CT molecular complexity index is 640. The lowest BCUT2D eigenvalue weighted by molar-refractivity contribution is 0.370. The van der Waals surface area contributed by atoms with Crippen molar-refractivity contribution in [3.05, 3.63) is 57.5 Å². The molecule has 0 aliphatic heterocycles. The molecule has 0 unspecified atom stereocenters. The summed E-state index contributed by atoms with van der Waals surface area (Å²) < 4.78 is 6.21. The second-order valence-corrected chi connectivity index (χ2v) is 6.68. The topological polar surface area (TPSA) is 21.3 Å². The van der Waals surface area contributed by atoms with Crippen LogP contribution in [0.4, 0.5) is 5.69 Å². The molecule has 0 bridgehead atoms. The third kappa shape index (κ3) is 3.35. The van der Waals surface area contributed by atoms with E-state index >= 15 is 0 Å². The molecule has 3 rings (SSSR count). The highest BCUT2D eigenvalue weighted by molar-refractivity contribution is 9.10. The average Bonchev–Trinajstić information content (AvgIpc) is 2.46. The van der Waals surface area contributed by atoms with E-state index in [1.165, 1.54) is 5.56 Å². The van der Waals surface area contributed by atoms with Gasteiger partial charge in [0.25, 0.3) is 0 Å². The number of benzene rings is 2. The fraction of sp³-hybridized carbons (Fsp3) is 0.294. The van der Waals surface area contributed by atoms with E-state index in [9.17, 15) is 0 Å². The van der Waals surface area contributed by atoms with Crippen LogP contribution >= 0.6 is 27.5 Å². The third-order valence-electron chi connectivity index (χ3n) is 3.99. The van der Waals surface area contributed by atoms with Crippen LogP contribution in [0.1, 0.15) is 24.3 Å². The minimum absolute atomic E-state index is 0.512. The van der Waals surface area contributed by atoms with Crippen molar-refractivity contribution in [3.8, 4) is 5.75 Å². The molecule has 0 atom stereocenters. The number of methoxy groups -OCH3 is 1. The Labute approximate surface area is 138 Å². The Hall–Kier alpha value is -1.19. The van der Waals surface area contributed by atoms with Crippen molar-refractivity contribution >= 4 is 33.2 Å². The molecule has 1 N–H and O–H groups in total. The molecule has 2 aromatic carbocycles. The van der Waals surface area contributed by atoms with Crippen LogP contribution in [-0.4, -0.2) is 13.2 Å². The number of rotatable bonds is 4. The minimum atomic E-state index is 0.512. The number of nitrogens with one attached hydrogen (secondary N) is 1. The van der Waals surface area contributed by atoms with Gasteiger partial charge in [0, 0.05) is 16.2 Å². The largest absolute Gasteiger partial charge is 0.497 e. The first kappa shape index (κ1) is 14.7. The maximum atomic E-state index is 6.12. The number of hydrogen-bond acceptors (Lipinski definition) is 2. The van der Waals surface area contributed by atoms with Gasteiger partial charge in [-0.05, 0) is 70.6 Å². The summed E-state index contributed by atoms with van der Waals surface area (Å²) in [6.45, 7) is 0. The van der Waals surface area contributed by atoms with Crippen molar-refractivity contribution in [2.75, 3.05) is 12.4 Å². The molecule has 0 spiro atoms. The van der Waals surface area contributed by atoms with Gasteiger partial charge in [0.1, 0.15) is 5.75 Å². The molecular weight excluding hydrogens is 350 g/mol. The molecule has 1 saturated carbocycles. The molecule has 1 aliphatic carbocycles. The maximum Gasteiger partial charge on any atom is 0.119 e. The summed E-state index contributed by atoms with van der Waals surface area (Å²) in [5.74, 6) is 1.55.